The molecule has 5 rings (SSSR count). The maximum Gasteiger partial charge on any atom is 0.178 e. The van der Waals surface area contributed by atoms with Gasteiger partial charge in [0.2, 0.25) is 0 Å². The van der Waals surface area contributed by atoms with Crippen LogP contribution < -0.4 is 9.64 Å². The van der Waals surface area contributed by atoms with Gasteiger partial charge in [-0.25, -0.2) is 27.2 Å². The lowest BCUT2D eigenvalue weighted by molar-refractivity contribution is 0.269. The molecule has 0 atom stereocenters. The van der Waals surface area contributed by atoms with Crippen molar-refractivity contribution in [2.24, 2.45) is 0 Å². The van der Waals surface area contributed by atoms with Crippen molar-refractivity contribution in [1.82, 2.24) is 14.9 Å². The van der Waals surface area contributed by atoms with Gasteiger partial charge in [0.05, 0.1) is 24.2 Å². The molecule has 7 nitrogen and oxygen atoms in total. The topological polar surface area (TPSA) is 75.6 Å². The first-order valence-electron chi connectivity index (χ1n) is 12.8. The van der Waals surface area contributed by atoms with Gasteiger partial charge in [-0.15, -0.1) is 0 Å². The van der Waals surface area contributed by atoms with E-state index in [1.54, 1.807) is 6.07 Å². The molecule has 0 spiro atoms. The van der Waals surface area contributed by atoms with Crippen molar-refractivity contribution in [3.63, 3.8) is 0 Å². The third-order valence-corrected chi connectivity index (χ3v) is 8.03. The number of nitrogens with zero attached hydrogens (tertiary/aromatic N) is 4. The average Bonchev–Trinajstić information content (AvgIpc) is 2.87. The second-order valence-corrected chi connectivity index (χ2v) is 12.6. The second kappa shape index (κ2) is 10.6. The van der Waals surface area contributed by atoms with Gasteiger partial charge in [-0.1, -0.05) is 18.2 Å². The molecule has 3 heterocycles. The van der Waals surface area contributed by atoms with Crippen LogP contribution in [0.5, 0.6) is 5.75 Å². The number of benzene rings is 2. The second-order valence-electron chi connectivity index (χ2n) is 10.4. The van der Waals surface area contributed by atoms with Crippen molar-refractivity contribution in [3.05, 3.63) is 70.7 Å². The van der Waals surface area contributed by atoms with E-state index < -0.39 is 21.5 Å². The Balaban J connectivity index is 1.37. The first kappa shape index (κ1) is 26.5. The number of sulfone groups is 1. The Hall–Kier alpha value is -3.11. The Morgan fingerprint density at radius 2 is 1.89 bits per heavy atom. The molecule has 0 unspecified atom stereocenters. The number of aromatic nitrogens is 2. The summed E-state index contributed by atoms with van der Waals surface area (Å²) in [7, 11) is -2.99. The Labute approximate surface area is 222 Å². The highest BCUT2D eigenvalue weighted by atomic mass is 32.2. The van der Waals surface area contributed by atoms with Gasteiger partial charge >= 0.3 is 0 Å². The van der Waals surface area contributed by atoms with Crippen LogP contribution in [0, 0.1) is 11.6 Å². The van der Waals surface area contributed by atoms with Crippen molar-refractivity contribution in [2.45, 2.75) is 39.3 Å². The minimum absolute atomic E-state index is 0.0606. The summed E-state index contributed by atoms with van der Waals surface area (Å²) in [5.74, 6) is -0.362. The van der Waals surface area contributed by atoms with E-state index in [1.807, 2.05) is 24.8 Å². The quantitative estimate of drug-likeness (QED) is 0.446. The molecular formula is C28H32F2N4O3S. The summed E-state index contributed by atoms with van der Waals surface area (Å²) >= 11 is 0. The number of ether oxygens (including phenoxy) is 1. The Kier molecular flexibility index (Phi) is 7.37. The van der Waals surface area contributed by atoms with E-state index in [2.05, 4.69) is 27.0 Å². The summed E-state index contributed by atoms with van der Waals surface area (Å²) in [6.07, 6.45) is 3.64. The minimum atomic E-state index is -2.99. The van der Waals surface area contributed by atoms with Gasteiger partial charge in [-0.3, -0.25) is 4.90 Å². The van der Waals surface area contributed by atoms with Gasteiger partial charge in [-0.2, -0.15) is 0 Å². The molecule has 0 saturated heterocycles. The Morgan fingerprint density at radius 1 is 1.08 bits per heavy atom. The van der Waals surface area contributed by atoms with Crippen molar-refractivity contribution in [1.29, 1.82) is 0 Å². The lowest BCUT2D eigenvalue weighted by Crippen LogP contribution is -2.38. The zero-order valence-electron chi connectivity index (χ0n) is 21.9. The summed E-state index contributed by atoms with van der Waals surface area (Å²) in [4.78, 5) is 12.9. The third kappa shape index (κ3) is 5.81. The van der Waals surface area contributed by atoms with E-state index in [-0.39, 0.29) is 23.2 Å². The molecule has 0 bridgehead atoms. The number of fused-ring (bicyclic) bond motifs is 2. The highest BCUT2D eigenvalue weighted by Crippen LogP contribution is 2.39. The van der Waals surface area contributed by atoms with Crippen molar-refractivity contribution in [2.75, 3.05) is 43.1 Å². The SMILES string of the molecule is CC(C)N1CCOc2c(F)cc(-c3nc(Cc4ccc5c(c4)CCN(CCS(C)(=O)=O)C5)ncc3F)cc21. The van der Waals surface area contributed by atoms with E-state index in [4.69, 9.17) is 4.74 Å². The van der Waals surface area contributed by atoms with Crippen LogP contribution in [0.4, 0.5) is 14.5 Å². The summed E-state index contributed by atoms with van der Waals surface area (Å²) in [6, 6.07) is 9.32. The molecule has 1 aromatic heterocycles. The molecule has 2 aromatic carbocycles. The van der Waals surface area contributed by atoms with Crippen LogP contribution in [-0.4, -0.2) is 67.6 Å². The Bertz CT molecular complexity index is 1460. The number of hydrogen-bond acceptors (Lipinski definition) is 7. The molecule has 10 heteroatoms. The zero-order valence-corrected chi connectivity index (χ0v) is 22.7. The van der Waals surface area contributed by atoms with Crippen LogP contribution in [0.1, 0.15) is 36.4 Å². The van der Waals surface area contributed by atoms with Crippen LogP contribution in [0.2, 0.25) is 0 Å². The number of hydrogen-bond donors (Lipinski definition) is 0. The zero-order chi connectivity index (χ0) is 27.0. The van der Waals surface area contributed by atoms with Crippen molar-refractivity contribution < 1.29 is 21.9 Å². The average molecular weight is 543 g/mol. The molecule has 38 heavy (non-hydrogen) atoms. The fourth-order valence-corrected chi connectivity index (χ4v) is 5.70. The molecule has 3 aromatic rings. The number of rotatable bonds is 7. The van der Waals surface area contributed by atoms with Crippen LogP contribution in [0.15, 0.2) is 36.5 Å². The van der Waals surface area contributed by atoms with Gasteiger partial charge in [-0.05, 0) is 49.1 Å². The standard InChI is InChI=1S/C28H32F2N4O3S/c1-18(2)34-8-10-37-28-23(29)14-22(15-25(28)34)27-24(30)16-31-26(32-27)13-19-4-5-21-17-33(7-6-20(21)12-19)9-11-38(3,35)36/h4-5,12,14-16,18H,6-11,13,17H2,1-3H3. The normalized spacial score (nSPS) is 15.8. The fraction of sp³-hybridized carbons (Fsp3) is 0.429. The molecule has 0 N–H and O–H groups in total. The first-order valence-corrected chi connectivity index (χ1v) is 14.9. The van der Waals surface area contributed by atoms with Gasteiger partial charge in [0.1, 0.15) is 28.0 Å². The molecule has 0 saturated carbocycles. The minimum Gasteiger partial charge on any atom is -0.486 e. The maximum absolute atomic E-state index is 15.0. The highest BCUT2D eigenvalue weighted by molar-refractivity contribution is 7.90. The van der Waals surface area contributed by atoms with E-state index >= 15 is 0 Å². The predicted octanol–water partition coefficient (Wildman–Crippen LogP) is 4.02. The van der Waals surface area contributed by atoms with Crippen LogP contribution in [-0.2, 0) is 29.2 Å². The van der Waals surface area contributed by atoms with Gasteiger partial charge in [0.15, 0.2) is 17.4 Å². The molecule has 0 fully saturated rings. The van der Waals surface area contributed by atoms with Gasteiger partial charge in [0, 0.05) is 43.9 Å². The van der Waals surface area contributed by atoms with Gasteiger partial charge in [0.25, 0.3) is 0 Å². The third-order valence-electron chi connectivity index (χ3n) is 7.11. The number of anilines is 1. The molecule has 202 valence electrons. The van der Waals surface area contributed by atoms with Crippen LogP contribution in [0.3, 0.4) is 0 Å². The highest BCUT2D eigenvalue weighted by Gasteiger charge is 2.26. The predicted molar refractivity (Wildman–Crippen MR) is 143 cm³/mol. The lowest BCUT2D eigenvalue weighted by Gasteiger charge is -2.34. The monoisotopic (exact) mass is 542 g/mol. The smallest absolute Gasteiger partial charge is 0.178 e. The van der Waals surface area contributed by atoms with E-state index in [9.17, 15) is 17.2 Å². The summed E-state index contributed by atoms with van der Waals surface area (Å²) in [6.45, 7) is 7.10. The summed E-state index contributed by atoms with van der Waals surface area (Å²) in [5, 5.41) is 0. The Morgan fingerprint density at radius 3 is 2.66 bits per heavy atom. The molecule has 0 amide bonds. The van der Waals surface area contributed by atoms with Crippen LogP contribution in [0.25, 0.3) is 11.3 Å². The molecular weight excluding hydrogens is 510 g/mol. The molecule has 2 aliphatic heterocycles. The summed E-state index contributed by atoms with van der Waals surface area (Å²) in [5.41, 5.74) is 4.40. The molecule has 2 aliphatic rings. The number of halogens is 2. The lowest BCUT2D eigenvalue weighted by atomic mass is 9.96. The molecule has 0 radical (unpaired) electrons. The van der Waals surface area contributed by atoms with E-state index in [0.29, 0.717) is 49.7 Å². The fourth-order valence-electron chi connectivity index (χ4n) is 5.11. The summed E-state index contributed by atoms with van der Waals surface area (Å²) < 4.78 is 58.4. The maximum atomic E-state index is 15.0. The van der Waals surface area contributed by atoms with Crippen LogP contribution >= 0.6 is 0 Å². The van der Waals surface area contributed by atoms with Gasteiger partial charge < -0.3 is 9.64 Å². The van der Waals surface area contributed by atoms with Crippen molar-refractivity contribution >= 4 is 15.5 Å². The first-order chi connectivity index (χ1) is 18.1. The van der Waals surface area contributed by atoms with E-state index in [1.165, 1.54) is 23.4 Å². The largest absolute Gasteiger partial charge is 0.486 e. The van der Waals surface area contributed by atoms with Crippen molar-refractivity contribution in [3.8, 4) is 17.0 Å². The molecule has 0 aliphatic carbocycles. The van der Waals surface area contributed by atoms with E-state index in [0.717, 1.165) is 24.7 Å².